The number of hydrogen-bond acceptors (Lipinski definition) is 3. The van der Waals surface area contributed by atoms with Crippen LogP contribution in [0.2, 0.25) is 5.02 Å². The lowest BCUT2D eigenvalue weighted by molar-refractivity contribution is -0.105. The highest BCUT2D eigenvalue weighted by Crippen LogP contribution is 2.25. The Morgan fingerprint density at radius 2 is 1.93 bits per heavy atom. The molecule has 0 aromatic heterocycles. The van der Waals surface area contributed by atoms with Crippen molar-refractivity contribution in [1.82, 2.24) is 4.90 Å². The van der Waals surface area contributed by atoms with E-state index in [0.717, 1.165) is 67.3 Å². The van der Waals surface area contributed by atoms with E-state index in [0.29, 0.717) is 6.41 Å². The van der Waals surface area contributed by atoms with E-state index in [1.54, 1.807) is 6.08 Å². The molecule has 5 heteroatoms. The first-order valence-electron chi connectivity index (χ1n) is 9.78. The molecule has 1 N–H and O–H groups in total. The van der Waals surface area contributed by atoms with Crippen molar-refractivity contribution >= 4 is 29.8 Å². The number of nitrogens with one attached hydrogen (secondary N) is 1. The minimum Gasteiger partial charge on any atom is -0.490 e. The summed E-state index contributed by atoms with van der Waals surface area (Å²) in [6.07, 6.45) is 6.92. The van der Waals surface area contributed by atoms with Crippen LogP contribution in [0.15, 0.2) is 49.0 Å². The quantitative estimate of drug-likeness (QED) is 0.602. The van der Waals surface area contributed by atoms with Gasteiger partial charge in [0.1, 0.15) is 11.9 Å². The Morgan fingerprint density at radius 1 is 1.18 bits per heavy atom. The lowest BCUT2D eigenvalue weighted by Gasteiger charge is -2.32. The van der Waals surface area contributed by atoms with Crippen LogP contribution in [-0.4, -0.2) is 37.0 Å². The van der Waals surface area contributed by atoms with E-state index in [9.17, 15) is 4.79 Å². The van der Waals surface area contributed by atoms with Crippen LogP contribution in [0.1, 0.15) is 30.4 Å². The second-order valence-electron chi connectivity index (χ2n) is 7.10. The van der Waals surface area contributed by atoms with Crippen LogP contribution in [0.3, 0.4) is 0 Å². The van der Waals surface area contributed by atoms with Gasteiger partial charge in [-0.2, -0.15) is 0 Å². The van der Waals surface area contributed by atoms with Crippen LogP contribution >= 0.6 is 11.6 Å². The molecular formula is C23H27ClN2O2. The van der Waals surface area contributed by atoms with Crippen LogP contribution in [-0.2, 0) is 11.2 Å². The molecule has 3 rings (SSSR count). The number of anilines is 1. The Hall–Kier alpha value is -2.30. The molecule has 0 atom stereocenters. The Balaban J connectivity index is 1.42. The van der Waals surface area contributed by atoms with Crippen molar-refractivity contribution in [2.24, 2.45) is 0 Å². The van der Waals surface area contributed by atoms with Gasteiger partial charge in [-0.25, -0.2) is 0 Å². The van der Waals surface area contributed by atoms with Crippen molar-refractivity contribution in [1.29, 1.82) is 0 Å². The van der Waals surface area contributed by atoms with Crippen molar-refractivity contribution in [2.75, 3.05) is 25.0 Å². The number of piperidine rings is 1. The van der Waals surface area contributed by atoms with Gasteiger partial charge in [-0.3, -0.25) is 4.79 Å². The summed E-state index contributed by atoms with van der Waals surface area (Å²) in [5, 5.41) is 3.47. The number of halogens is 1. The predicted octanol–water partition coefficient (Wildman–Crippen LogP) is 5.03. The third-order valence-corrected chi connectivity index (χ3v) is 5.40. The van der Waals surface area contributed by atoms with Gasteiger partial charge in [0, 0.05) is 29.4 Å². The largest absolute Gasteiger partial charge is 0.490 e. The van der Waals surface area contributed by atoms with Gasteiger partial charge < -0.3 is 15.0 Å². The van der Waals surface area contributed by atoms with Crippen LogP contribution < -0.4 is 10.1 Å². The summed E-state index contributed by atoms with van der Waals surface area (Å²) in [7, 11) is 0. The molecule has 0 bridgehead atoms. The van der Waals surface area contributed by atoms with Gasteiger partial charge >= 0.3 is 0 Å². The van der Waals surface area contributed by atoms with Gasteiger partial charge in [0.25, 0.3) is 0 Å². The maximum absolute atomic E-state index is 10.7. The highest BCUT2D eigenvalue weighted by Gasteiger charge is 2.20. The average Bonchev–Trinajstić information content (AvgIpc) is 2.72. The van der Waals surface area contributed by atoms with Crippen molar-refractivity contribution in [3.63, 3.8) is 0 Å². The summed E-state index contributed by atoms with van der Waals surface area (Å²) in [6, 6.07) is 13.8. The molecule has 0 aliphatic carbocycles. The van der Waals surface area contributed by atoms with E-state index in [1.807, 2.05) is 30.3 Å². The van der Waals surface area contributed by atoms with Gasteiger partial charge in [0.2, 0.25) is 6.41 Å². The Kier molecular flexibility index (Phi) is 7.52. The summed E-state index contributed by atoms with van der Waals surface area (Å²) in [5.74, 6) is 0.826. The number of carbonyl (C=O) groups is 1. The lowest BCUT2D eigenvalue weighted by atomic mass is 10.1. The molecule has 4 nitrogen and oxygen atoms in total. The molecule has 0 unspecified atom stereocenters. The topological polar surface area (TPSA) is 41.6 Å². The smallest absolute Gasteiger partial charge is 0.211 e. The molecule has 1 heterocycles. The number of hydrogen-bond donors (Lipinski definition) is 1. The van der Waals surface area contributed by atoms with Gasteiger partial charge in [-0.15, -0.1) is 0 Å². The van der Waals surface area contributed by atoms with Crippen molar-refractivity contribution in [3.8, 4) is 5.75 Å². The summed E-state index contributed by atoms with van der Waals surface area (Å²) in [5.41, 5.74) is 2.95. The standard InChI is InChI=1S/C23H27ClN2O2/c1-2-19-16-22(9-10-23(19)25-17-27)28-21-11-14-26(15-12-21)13-3-4-18-5-7-20(24)8-6-18/h2,5-10,16-17,21H,1,3-4,11-15H2,(H,25,27). The van der Waals surface area contributed by atoms with E-state index < -0.39 is 0 Å². The lowest BCUT2D eigenvalue weighted by Crippen LogP contribution is -2.38. The SMILES string of the molecule is C=Cc1cc(OC2CCN(CCCc3ccc(Cl)cc3)CC2)ccc1NC=O. The average molecular weight is 399 g/mol. The minimum atomic E-state index is 0.232. The Labute approximate surface area is 172 Å². The number of benzene rings is 2. The van der Waals surface area contributed by atoms with Gasteiger partial charge in [-0.05, 0) is 68.1 Å². The first-order valence-corrected chi connectivity index (χ1v) is 10.2. The van der Waals surface area contributed by atoms with E-state index >= 15 is 0 Å². The molecule has 1 saturated heterocycles. The van der Waals surface area contributed by atoms with Crippen molar-refractivity contribution in [3.05, 3.63) is 65.2 Å². The maximum Gasteiger partial charge on any atom is 0.211 e. The molecule has 28 heavy (non-hydrogen) atoms. The molecule has 0 radical (unpaired) electrons. The fourth-order valence-electron chi connectivity index (χ4n) is 3.58. The maximum atomic E-state index is 10.7. The second-order valence-corrected chi connectivity index (χ2v) is 7.54. The summed E-state index contributed by atoms with van der Waals surface area (Å²) in [6.45, 7) is 7.03. The molecule has 2 aromatic carbocycles. The fourth-order valence-corrected chi connectivity index (χ4v) is 3.70. The van der Waals surface area contributed by atoms with E-state index in [-0.39, 0.29) is 6.10 Å². The monoisotopic (exact) mass is 398 g/mol. The number of carbonyl (C=O) groups excluding carboxylic acids is 1. The Bertz CT molecular complexity index is 784. The van der Waals surface area contributed by atoms with Crippen molar-refractivity contribution in [2.45, 2.75) is 31.8 Å². The highest BCUT2D eigenvalue weighted by atomic mass is 35.5. The molecule has 1 aliphatic heterocycles. The summed E-state index contributed by atoms with van der Waals surface area (Å²) >= 11 is 5.94. The molecular weight excluding hydrogens is 372 g/mol. The number of ether oxygens (including phenoxy) is 1. The Morgan fingerprint density at radius 3 is 2.61 bits per heavy atom. The third kappa shape index (κ3) is 5.85. The highest BCUT2D eigenvalue weighted by molar-refractivity contribution is 6.30. The molecule has 0 spiro atoms. The normalized spacial score (nSPS) is 15.2. The van der Waals surface area contributed by atoms with Gasteiger partial charge in [0.05, 0.1) is 0 Å². The van der Waals surface area contributed by atoms with Gasteiger partial charge in [-0.1, -0.05) is 36.4 Å². The van der Waals surface area contributed by atoms with Crippen LogP contribution in [0, 0.1) is 0 Å². The van der Waals surface area contributed by atoms with Crippen molar-refractivity contribution < 1.29 is 9.53 Å². The molecule has 2 aromatic rings. The van der Waals surface area contributed by atoms with Crippen LogP contribution in [0.4, 0.5) is 5.69 Å². The number of amides is 1. The zero-order valence-corrected chi connectivity index (χ0v) is 16.8. The zero-order valence-electron chi connectivity index (χ0n) is 16.1. The van der Waals surface area contributed by atoms with E-state index in [1.165, 1.54) is 5.56 Å². The summed E-state index contributed by atoms with van der Waals surface area (Å²) in [4.78, 5) is 13.2. The second kappa shape index (κ2) is 10.3. The number of aryl methyl sites for hydroxylation is 1. The molecule has 1 amide bonds. The number of nitrogens with zero attached hydrogens (tertiary/aromatic N) is 1. The van der Waals surface area contributed by atoms with E-state index in [2.05, 4.69) is 28.9 Å². The van der Waals surface area contributed by atoms with Crippen LogP contribution in [0.25, 0.3) is 6.08 Å². The van der Waals surface area contributed by atoms with Gasteiger partial charge in [0.15, 0.2) is 0 Å². The first kappa shape index (κ1) is 20.4. The third-order valence-electron chi connectivity index (χ3n) is 5.15. The van der Waals surface area contributed by atoms with Crippen LogP contribution in [0.5, 0.6) is 5.75 Å². The van der Waals surface area contributed by atoms with E-state index in [4.69, 9.17) is 16.3 Å². The number of likely N-dealkylation sites (tertiary alicyclic amines) is 1. The first-order chi connectivity index (χ1) is 13.7. The minimum absolute atomic E-state index is 0.232. The number of rotatable bonds is 9. The predicted molar refractivity (Wildman–Crippen MR) is 116 cm³/mol. The molecule has 148 valence electrons. The molecule has 1 fully saturated rings. The fraction of sp³-hybridized carbons (Fsp3) is 0.348. The zero-order chi connectivity index (χ0) is 19.8. The molecule has 0 saturated carbocycles. The summed E-state index contributed by atoms with van der Waals surface area (Å²) < 4.78 is 6.16. The molecule has 1 aliphatic rings.